The van der Waals surface area contributed by atoms with Crippen LogP contribution in [0.15, 0.2) is 18.3 Å². The third kappa shape index (κ3) is 2.56. The van der Waals surface area contributed by atoms with Crippen LogP contribution in [0.5, 0.6) is 0 Å². The molecule has 1 aliphatic heterocycles. The number of carbonyl (C=O) groups is 1. The summed E-state index contributed by atoms with van der Waals surface area (Å²) < 4.78 is 0. The van der Waals surface area contributed by atoms with E-state index in [9.17, 15) is 4.79 Å². The molecule has 1 saturated heterocycles. The Morgan fingerprint density at radius 1 is 1.60 bits per heavy atom. The summed E-state index contributed by atoms with van der Waals surface area (Å²) in [5.74, 6) is 1.54. The minimum Gasteiger partial charge on any atom is -0.365 e. The van der Waals surface area contributed by atoms with Crippen molar-refractivity contribution >= 4 is 18.5 Å². The summed E-state index contributed by atoms with van der Waals surface area (Å²) in [6.45, 7) is 1.70. The number of hydrogen-bond acceptors (Lipinski definition) is 2. The second-order valence-corrected chi connectivity index (χ2v) is 4.40. The topological polar surface area (TPSA) is 36.1 Å². The molecule has 1 fully saturated rings. The fraction of sp³-hybridized carbons (Fsp3) is 0.545. The van der Waals surface area contributed by atoms with Gasteiger partial charge in [0.05, 0.1) is 0 Å². The number of hydrogen-bond donors (Lipinski definition) is 2. The first kappa shape index (κ1) is 10.6. The van der Waals surface area contributed by atoms with Crippen LogP contribution in [0.3, 0.4) is 0 Å². The summed E-state index contributed by atoms with van der Waals surface area (Å²) in [5.41, 5.74) is 1.19. The molecule has 0 saturated carbocycles. The highest BCUT2D eigenvalue weighted by Gasteiger charge is 2.27. The Labute approximate surface area is 95.3 Å². The second-order valence-electron chi connectivity index (χ2n) is 4.04. The monoisotopic (exact) mass is 224 g/mol. The Hall–Kier alpha value is -0.900. The van der Waals surface area contributed by atoms with Crippen molar-refractivity contribution in [3.63, 3.8) is 0 Å². The average Bonchev–Trinajstić information content (AvgIpc) is 2.84. The van der Waals surface area contributed by atoms with Gasteiger partial charge in [-0.15, -0.1) is 0 Å². The first-order chi connectivity index (χ1) is 7.29. The molecule has 1 N–H and O–H groups in total. The second kappa shape index (κ2) is 4.75. The Morgan fingerprint density at radius 2 is 2.47 bits per heavy atom. The summed E-state index contributed by atoms with van der Waals surface area (Å²) in [5, 5.41) is 0. The molecule has 4 heteroatoms. The molecule has 1 aliphatic rings. The van der Waals surface area contributed by atoms with Gasteiger partial charge in [-0.1, -0.05) is 0 Å². The zero-order chi connectivity index (χ0) is 10.7. The summed E-state index contributed by atoms with van der Waals surface area (Å²) >= 11 is 4.24. The number of nitrogens with zero attached hydrogens (tertiary/aromatic N) is 1. The maximum Gasteiger partial charge on any atom is 0.222 e. The number of likely N-dealkylation sites (tertiary alicyclic amines) is 1. The molecule has 2 rings (SSSR count). The number of carbonyl (C=O) groups excluding carboxylic acids is 1. The molecule has 0 spiro atoms. The highest BCUT2D eigenvalue weighted by molar-refractivity contribution is 7.80. The molecule has 1 aromatic rings. The predicted octanol–water partition coefficient (Wildman–Crippen LogP) is 1.34. The fourth-order valence-corrected chi connectivity index (χ4v) is 2.22. The molecular weight excluding hydrogens is 208 g/mol. The number of rotatable bonds is 4. The minimum absolute atomic E-state index is 0.278. The average molecular weight is 224 g/mol. The van der Waals surface area contributed by atoms with Crippen LogP contribution in [0.4, 0.5) is 0 Å². The van der Waals surface area contributed by atoms with E-state index >= 15 is 0 Å². The zero-order valence-electron chi connectivity index (χ0n) is 8.65. The highest BCUT2D eigenvalue weighted by Crippen LogP contribution is 2.18. The molecule has 1 aromatic heterocycles. The van der Waals surface area contributed by atoms with Gasteiger partial charge in [0, 0.05) is 37.8 Å². The molecule has 0 aromatic carbocycles. The number of nitrogens with one attached hydrogen (secondary N) is 1. The van der Waals surface area contributed by atoms with Gasteiger partial charge in [-0.05, 0) is 23.8 Å². The summed E-state index contributed by atoms with van der Waals surface area (Å²) in [7, 11) is 0. The number of aromatic amines is 1. The Balaban J connectivity index is 1.83. The lowest BCUT2D eigenvalue weighted by Gasteiger charge is -2.15. The number of amides is 1. The first-order valence-corrected chi connectivity index (χ1v) is 5.93. The van der Waals surface area contributed by atoms with E-state index in [1.54, 1.807) is 0 Å². The lowest BCUT2D eigenvalue weighted by atomic mass is 10.1. The molecule has 1 amide bonds. The van der Waals surface area contributed by atoms with E-state index in [0.29, 0.717) is 12.3 Å². The molecular formula is C11H16N2OS. The van der Waals surface area contributed by atoms with E-state index in [2.05, 4.69) is 23.7 Å². The molecule has 0 aliphatic carbocycles. The smallest absolute Gasteiger partial charge is 0.222 e. The molecule has 15 heavy (non-hydrogen) atoms. The molecule has 82 valence electrons. The van der Waals surface area contributed by atoms with Gasteiger partial charge >= 0.3 is 0 Å². The van der Waals surface area contributed by atoms with Crippen LogP contribution in [0.2, 0.25) is 0 Å². The van der Waals surface area contributed by atoms with Crippen molar-refractivity contribution in [2.24, 2.45) is 5.92 Å². The molecule has 1 unspecified atom stereocenters. The number of H-pyrrole nitrogens is 1. The van der Waals surface area contributed by atoms with Gasteiger partial charge in [-0.3, -0.25) is 4.79 Å². The van der Waals surface area contributed by atoms with Crippen LogP contribution in [0, 0.1) is 5.92 Å². The Morgan fingerprint density at radius 3 is 3.07 bits per heavy atom. The fourth-order valence-electron chi connectivity index (χ4n) is 1.97. The third-order valence-corrected chi connectivity index (χ3v) is 3.38. The number of aromatic nitrogens is 1. The Kier molecular flexibility index (Phi) is 3.36. The van der Waals surface area contributed by atoms with Crippen molar-refractivity contribution in [1.82, 2.24) is 9.88 Å². The molecule has 2 heterocycles. The van der Waals surface area contributed by atoms with Crippen LogP contribution in [0.1, 0.15) is 12.1 Å². The summed E-state index contributed by atoms with van der Waals surface area (Å²) in [4.78, 5) is 16.7. The largest absolute Gasteiger partial charge is 0.365 e. The van der Waals surface area contributed by atoms with Gasteiger partial charge in [0.25, 0.3) is 0 Å². The van der Waals surface area contributed by atoms with Crippen molar-refractivity contribution in [2.45, 2.75) is 12.8 Å². The van der Waals surface area contributed by atoms with Crippen LogP contribution >= 0.6 is 12.6 Å². The quantitative estimate of drug-likeness (QED) is 0.744. The van der Waals surface area contributed by atoms with Crippen molar-refractivity contribution < 1.29 is 4.79 Å². The lowest BCUT2D eigenvalue weighted by molar-refractivity contribution is -0.127. The lowest BCUT2D eigenvalue weighted by Crippen LogP contribution is -2.27. The summed E-state index contributed by atoms with van der Waals surface area (Å²) in [6.07, 6.45) is 3.50. The van der Waals surface area contributed by atoms with E-state index in [0.717, 1.165) is 25.3 Å². The zero-order valence-corrected chi connectivity index (χ0v) is 9.54. The van der Waals surface area contributed by atoms with Gasteiger partial charge in [-0.2, -0.15) is 12.6 Å². The van der Waals surface area contributed by atoms with Gasteiger partial charge in [0.2, 0.25) is 5.91 Å². The molecule has 1 atom stereocenters. The van der Waals surface area contributed by atoms with Gasteiger partial charge < -0.3 is 9.88 Å². The standard InChI is InChI=1S/C11H16N2OS/c14-11-6-9(8-15)7-13(11)5-3-10-2-1-4-12-10/h1-2,4,9,12,15H,3,5-8H2. The van der Waals surface area contributed by atoms with Crippen LogP contribution in [0.25, 0.3) is 0 Å². The van der Waals surface area contributed by atoms with Crippen molar-refractivity contribution in [3.05, 3.63) is 24.0 Å². The maximum absolute atomic E-state index is 11.6. The third-order valence-electron chi connectivity index (χ3n) is 2.87. The van der Waals surface area contributed by atoms with Crippen LogP contribution in [-0.4, -0.2) is 34.6 Å². The molecule has 3 nitrogen and oxygen atoms in total. The van der Waals surface area contributed by atoms with Crippen LogP contribution < -0.4 is 0 Å². The van der Waals surface area contributed by atoms with Crippen molar-refractivity contribution in [3.8, 4) is 0 Å². The van der Waals surface area contributed by atoms with Crippen LogP contribution in [-0.2, 0) is 11.2 Å². The Bertz CT molecular complexity index is 323. The maximum atomic E-state index is 11.6. The predicted molar refractivity (Wildman–Crippen MR) is 63.0 cm³/mol. The van der Waals surface area contributed by atoms with E-state index < -0.39 is 0 Å². The van der Waals surface area contributed by atoms with Gasteiger partial charge in [-0.25, -0.2) is 0 Å². The van der Waals surface area contributed by atoms with E-state index in [1.807, 2.05) is 17.2 Å². The van der Waals surface area contributed by atoms with E-state index in [1.165, 1.54) is 5.69 Å². The molecule has 0 radical (unpaired) electrons. The highest BCUT2D eigenvalue weighted by atomic mass is 32.1. The molecule has 0 bridgehead atoms. The van der Waals surface area contributed by atoms with Gasteiger partial charge in [0.1, 0.15) is 0 Å². The van der Waals surface area contributed by atoms with E-state index in [-0.39, 0.29) is 5.91 Å². The normalized spacial score (nSPS) is 21.3. The summed E-state index contributed by atoms with van der Waals surface area (Å²) in [6, 6.07) is 4.04. The first-order valence-electron chi connectivity index (χ1n) is 5.30. The SMILES string of the molecule is O=C1CC(CS)CN1CCc1ccc[nH]1. The van der Waals surface area contributed by atoms with E-state index in [4.69, 9.17) is 0 Å². The van der Waals surface area contributed by atoms with Crippen molar-refractivity contribution in [2.75, 3.05) is 18.8 Å². The van der Waals surface area contributed by atoms with Gasteiger partial charge in [0.15, 0.2) is 0 Å². The van der Waals surface area contributed by atoms with Crippen molar-refractivity contribution in [1.29, 1.82) is 0 Å². The minimum atomic E-state index is 0.278. The number of thiol groups is 1.